The van der Waals surface area contributed by atoms with Crippen molar-refractivity contribution in [3.63, 3.8) is 0 Å². The molecule has 5 atom stereocenters. The van der Waals surface area contributed by atoms with Crippen LogP contribution in [0, 0.1) is 0 Å². The van der Waals surface area contributed by atoms with Gasteiger partial charge in [0.1, 0.15) is 25.4 Å². The second-order valence-electron chi connectivity index (χ2n) is 24.0. The van der Waals surface area contributed by atoms with E-state index in [2.05, 4.69) is 81.5 Å². The van der Waals surface area contributed by atoms with Crippen LogP contribution in [-0.2, 0) is 55.8 Å². The van der Waals surface area contributed by atoms with Gasteiger partial charge in [-0.15, -0.1) is 0 Å². The molecule has 18 heteroatoms. The largest absolute Gasteiger partial charge is 0.472 e. The molecule has 0 heterocycles. The van der Waals surface area contributed by atoms with Gasteiger partial charge in [0.15, 0.2) is 6.10 Å². The Morgan fingerprint density at radius 2 is 0.562 bits per heavy atom. The summed E-state index contributed by atoms with van der Waals surface area (Å²) < 4.78 is 60.8. The SMILES string of the molecule is CCCCC/C=C\C/C=C\C/C=C\C/C=C\CCCCCCCCCCCCCCCC(=O)OCC(O)COP(=O)(O)OCC(O)COP(=O)(O)OCC(COC(=O)CCCCCCC/C=C\CCCCCC)OC(=O)CCCCCCCCCCCCC. The number of rotatable bonds is 68. The Bertz CT molecular complexity index is 1870. The third-order valence-corrected chi connectivity index (χ3v) is 17.1. The molecule has 520 valence electrons. The van der Waals surface area contributed by atoms with Gasteiger partial charge in [-0.2, -0.15) is 0 Å². The lowest BCUT2D eigenvalue weighted by Crippen LogP contribution is -2.30. The van der Waals surface area contributed by atoms with Gasteiger partial charge >= 0.3 is 33.6 Å². The van der Waals surface area contributed by atoms with Gasteiger partial charge in [-0.25, -0.2) is 9.13 Å². The fourth-order valence-electron chi connectivity index (χ4n) is 9.73. The van der Waals surface area contributed by atoms with Crippen LogP contribution in [0.3, 0.4) is 0 Å². The van der Waals surface area contributed by atoms with Crippen molar-refractivity contribution in [2.45, 2.75) is 334 Å². The van der Waals surface area contributed by atoms with Crippen LogP contribution in [0.2, 0.25) is 0 Å². The summed E-state index contributed by atoms with van der Waals surface area (Å²) in [6.07, 6.45) is 67.2. The third-order valence-electron chi connectivity index (χ3n) is 15.2. The number of phosphoric ester groups is 2. The summed E-state index contributed by atoms with van der Waals surface area (Å²) in [4.78, 5) is 58.2. The van der Waals surface area contributed by atoms with Crippen LogP contribution in [-0.4, -0.2) is 95.9 Å². The lowest BCUT2D eigenvalue weighted by Gasteiger charge is -2.21. The maximum atomic E-state index is 12.8. The molecule has 0 spiro atoms. The lowest BCUT2D eigenvalue weighted by molar-refractivity contribution is -0.161. The molecule has 0 bridgehead atoms. The molecule has 0 fully saturated rings. The van der Waals surface area contributed by atoms with E-state index in [1.165, 1.54) is 148 Å². The van der Waals surface area contributed by atoms with Crippen LogP contribution in [0.15, 0.2) is 60.8 Å². The second-order valence-corrected chi connectivity index (χ2v) is 26.9. The predicted molar refractivity (Wildman–Crippen MR) is 362 cm³/mol. The van der Waals surface area contributed by atoms with E-state index in [1.54, 1.807) is 0 Å². The highest BCUT2D eigenvalue weighted by molar-refractivity contribution is 7.47. The van der Waals surface area contributed by atoms with Crippen LogP contribution in [0.5, 0.6) is 0 Å². The summed E-state index contributed by atoms with van der Waals surface area (Å²) in [5, 5.41) is 20.5. The van der Waals surface area contributed by atoms with Crippen molar-refractivity contribution in [3.8, 4) is 0 Å². The highest BCUT2D eigenvalue weighted by atomic mass is 31.2. The number of hydrogen-bond donors (Lipinski definition) is 4. The summed E-state index contributed by atoms with van der Waals surface area (Å²) in [5.41, 5.74) is 0. The molecule has 0 saturated heterocycles. The Morgan fingerprint density at radius 1 is 0.315 bits per heavy atom. The lowest BCUT2D eigenvalue weighted by atomic mass is 10.0. The number of esters is 3. The van der Waals surface area contributed by atoms with E-state index in [0.29, 0.717) is 19.3 Å². The summed E-state index contributed by atoms with van der Waals surface area (Å²) in [7, 11) is -9.75. The molecule has 4 N–H and O–H groups in total. The number of carbonyl (C=O) groups excluding carboxylic acids is 3. The van der Waals surface area contributed by atoms with Crippen molar-refractivity contribution in [1.29, 1.82) is 0 Å². The normalized spacial score (nSPS) is 14.6. The summed E-state index contributed by atoms with van der Waals surface area (Å²) in [5.74, 6) is -1.57. The van der Waals surface area contributed by atoms with E-state index in [0.717, 1.165) is 109 Å². The Labute approximate surface area is 541 Å². The van der Waals surface area contributed by atoms with Crippen molar-refractivity contribution < 1.29 is 75.8 Å². The molecule has 0 amide bonds. The van der Waals surface area contributed by atoms with Crippen molar-refractivity contribution >= 4 is 33.6 Å². The molecular weight excluding hydrogens is 1170 g/mol. The smallest absolute Gasteiger partial charge is 0.463 e. The predicted octanol–water partition coefficient (Wildman–Crippen LogP) is 19.8. The minimum atomic E-state index is -4.91. The first-order valence-electron chi connectivity index (χ1n) is 35.6. The first kappa shape index (κ1) is 86.2. The van der Waals surface area contributed by atoms with Gasteiger partial charge in [0, 0.05) is 19.3 Å². The van der Waals surface area contributed by atoms with Crippen LogP contribution in [0.4, 0.5) is 0 Å². The minimum absolute atomic E-state index is 0.109. The van der Waals surface area contributed by atoms with Crippen molar-refractivity contribution in [3.05, 3.63) is 60.8 Å². The van der Waals surface area contributed by atoms with Crippen molar-refractivity contribution in [1.82, 2.24) is 0 Å². The topological polar surface area (TPSA) is 231 Å². The molecule has 0 aliphatic carbocycles. The molecule has 0 radical (unpaired) electrons. The van der Waals surface area contributed by atoms with Crippen molar-refractivity contribution in [2.24, 2.45) is 0 Å². The number of phosphoric acid groups is 2. The number of hydrogen-bond acceptors (Lipinski definition) is 14. The standard InChI is InChI=1S/C71H130O16P2/c1-4-7-10-13-16-19-22-24-25-26-27-28-29-30-31-32-33-34-35-36-37-38-39-41-44-45-48-51-54-57-69(74)81-60-66(72)61-83-88(77,78)84-62-67(73)63-85-89(79,80)86-65-68(87-71(76)59-56-53-50-47-42-21-18-15-12-9-6-3)64-82-70(75)58-55-52-49-46-43-40-23-20-17-14-11-8-5-2/h16,19-20,23-25,27-28,30-31,66-68,72-73H,4-15,17-18,21-22,26,29,32-65H2,1-3H3,(H,77,78)(H,79,80)/b19-16-,23-20-,25-24-,28-27-,31-30-. The Morgan fingerprint density at radius 3 is 0.933 bits per heavy atom. The van der Waals surface area contributed by atoms with E-state index in [1.807, 2.05) is 0 Å². The number of carbonyl (C=O) groups is 3. The average Bonchev–Trinajstić information content (AvgIpc) is 3.73. The van der Waals surface area contributed by atoms with Gasteiger partial charge in [-0.3, -0.25) is 32.5 Å². The van der Waals surface area contributed by atoms with Crippen LogP contribution >= 0.6 is 15.6 Å². The number of aliphatic hydroxyl groups is 2. The quantitative estimate of drug-likeness (QED) is 0.0146. The zero-order valence-corrected chi connectivity index (χ0v) is 58.1. The van der Waals surface area contributed by atoms with Gasteiger partial charge in [-0.1, -0.05) is 268 Å². The molecule has 0 aliphatic rings. The number of ether oxygens (including phenoxy) is 3. The Hall–Kier alpha value is -2.75. The minimum Gasteiger partial charge on any atom is -0.463 e. The Balaban J connectivity index is 4.36. The van der Waals surface area contributed by atoms with E-state index in [9.17, 15) is 43.5 Å². The molecule has 16 nitrogen and oxygen atoms in total. The first-order valence-corrected chi connectivity index (χ1v) is 38.6. The highest BCUT2D eigenvalue weighted by Gasteiger charge is 2.29. The average molecular weight is 1300 g/mol. The second kappa shape index (κ2) is 65.3. The molecule has 0 aliphatic heterocycles. The number of allylic oxidation sites excluding steroid dienone is 10. The van der Waals surface area contributed by atoms with Crippen LogP contribution < -0.4 is 0 Å². The van der Waals surface area contributed by atoms with Crippen LogP contribution in [0.1, 0.15) is 316 Å². The molecular formula is C71H130O16P2. The maximum Gasteiger partial charge on any atom is 0.472 e. The van der Waals surface area contributed by atoms with E-state index < -0.39 is 91.5 Å². The van der Waals surface area contributed by atoms with E-state index in [4.69, 9.17) is 32.3 Å². The molecule has 0 aromatic carbocycles. The summed E-state index contributed by atoms with van der Waals surface area (Å²) in [6, 6.07) is 0. The molecule has 0 saturated carbocycles. The molecule has 89 heavy (non-hydrogen) atoms. The van der Waals surface area contributed by atoms with E-state index in [-0.39, 0.29) is 19.3 Å². The monoisotopic (exact) mass is 1300 g/mol. The molecule has 5 unspecified atom stereocenters. The zero-order chi connectivity index (χ0) is 65.3. The summed E-state index contributed by atoms with van der Waals surface area (Å²) in [6.45, 7) is 2.63. The fraction of sp³-hybridized carbons (Fsp3) is 0.817. The van der Waals surface area contributed by atoms with E-state index >= 15 is 0 Å². The van der Waals surface area contributed by atoms with Gasteiger partial charge in [0.2, 0.25) is 0 Å². The molecule has 0 aromatic heterocycles. The summed E-state index contributed by atoms with van der Waals surface area (Å²) >= 11 is 0. The number of unbranched alkanes of at least 4 members (excludes halogenated alkanes) is 35. The highest BCUT2D eigenvalue weighted by Crippen LogP contribution is 2.45. The molecule has 0 aromatic rings. The molecule has 0 rings (SSSR count). The maximum absolute atomic E-state index is 12.8. The fourth-order valence-corrected chi connectivity index (χ4v) is 11.3. The van der Waals surface area contributed by atoms with Crippen LogP contribution in [0.25, 0.3) is 0 Å². The Kier molecular flexibility index (Phi) is 63.3. The third kappa shape index (κ3) is 66.5. The first-order chi connectivity index (χ1) is 43.2. The van der Waals surface area contributed by atoms with Gasteiger partial charge in [0.05, 0.1) is 26.4 Å². The number of aliphatic hydroxyl groups excluding tert-OH is 2. The van der Waals surface area contributed by atoms with Gasteiger partial charge in [-0.05, 0) is 89.9 Å². The van der Waals surface area contributed by atoms with Crippen molar-refractivity contribution in [2.75, 3.05) is 39.6 Å². The zero-order valence-electron chi connectivity index (χ0n) is 56.4. The van der Waals surface area contributed by atoms with Gasteiger partial charge < -0.3 is 34.2 Å². The van der Waals surface area contributed by atoms with Gasteiger partial charge in [0.25, 0.3) is 0 Å².